The first-order valence-electron chi connectivity index (χ1n) is 4.66. The Morgan fingerprint density at radius 1 is 1.30 bits per heavy atom. The predicted molar refractivity (Wildman–Crippen MR) is 43.8 cm³/mol. The zero-order chi connectivity index (χ0) is 7.35. The van der Waals surface area contributed by atoms with E-state index in [2.05, 4.69) is 20.8 Å². The van der Waals surface area contributed by atoms with Crippen LogP contribution in [0.1, 0.15) is 40.0 Å². The molecule has 0 heterocycles. The largest absolute Gasteiger partial charge is 0.0622 e. The van der Waals surface area contributed by atoms with Crippen LogP contribution in [0.15, 0.2) is 0 Å². The lowest BCUT2D eigenvalue weighted by molar-refractivity contribution is 0.288. The summed E-state index contributed by atoms with van der Waals surface area (Å²) in [5, 5.41) is 0. The van der Waals surface area contributed by atoms with Crippen LogP contribution in [0, 0.1) is 23.2 Å². The highest BCUT2D eigenvalue weighted by Gasteiger charge is 2.60. The molecule has 0 nitrogen and oxygen atoms in total. The Bertz CT molecular complexity index is 146. The van der Waals surface area contributed by atoms with Gasteiger partial charge in [0.25, 0.3) is 0 Å². The minimum atomic E-state index is 0.775. The molecule has 0 aromatic carbocycles. The van der Waals surface area contributed by atoms with Gasteiger partial charge in [0.05, 0.1) is 0 Å². The van der Waals surface area contributed by atoms with Crippen molar-refractivity contribution in [1.29, 1.82) is 0 Å². The molecule has 4 atom stereocenters. The highest BCUT2D eigenvalue weighted by Crippen LogP contribution is 2.67. The maximum absolute atomic E-state index is 2.48. The molecule has 0 N–H and O–H groups in total. The molecule has 0 saturated heterocycles. The quantitative estimate of drug-likeness (QED) is 0.482. The van der Waals surface area contributed by atoms with Crippen molar-refractivity contribution < 1.29 is 0 Å². The number of hydrogen-bond donors (Lipinski definition) is 0. The summed E-state index contributed by atoms with van der Waals surface area (Å²) in [6.07, 6.45) is 4.48. The SMILES string of the molecule is CC1CCCC2(C)C(C)C12. The van der Waals surface area contributed by atoms with Gasteiger partial charge in [0.2, 0.25) is 0 Å². The fourth-order valence-electron chi connectivity index (χ4n) is 3.36. The van der Waals surface area contributed by atoms with Crippen molar-refractivity contribution in [3.8, 4) is 0 Å². The summed E-state index contributed by atoms with van der Waals surface area (Å²) in [6.45, 7) is 7.36. The van der Waals surface area contributed by atoms with Gasteiger partial charge in [-0.05, 0) is 29.6 Å². The Labute approximate surface area is 64.0 Å². The summed E-state index contributed by atoms with van der Waals surface area (Å²) in [6, 6.07) is 0. The molecule has 2 aliphatic rings. The molecule has 0 radical (unpaired) electrons. The van der Waals surface area contributed by atoms with Gasteiger partial charge in [-0.15, -0.1) is 0 Å². The summed E-state index contributed by atoms with van der Waals surface area (Å²) in [4.78, 5) is 0. The average molecular weight is 138 g/mol. The van der Waals surface area contributed by atoms with Crippen LogP contribution in [0.2, 0.25) is 0 Å². The maximum atomic E-state index is 2.48. The standard InChI is InChI=1S/C10H18/c1-7-5-4-6-10(3)8(2)9(7)10/h7-9H,4-6H2,1-3H3. The van der Waals surface area contributed by atoms with E-state index in [4.69, 9.17) is 0 Å². The second-order valence-corrected chi connectivity index (χ2v) is 4.69. The second-order valence-electron chi connectivity index (χ2n) is 4.69. The van der Waals surface area contributed by atoms with Crippen LogP contribution in [-0.4, -0.2) is 0 Å². The third kappa shape index (κ3) is 0.627. The minimum absolute atomic E-state index is 0.775. The molecule has 2 saturated carbocycles. The van der Waals surface area contributed by atoms with Gasteiger partial charge in [0.1, 0.15) is 0 Å². The van der Waals surface area contributed by atoms with Crippen LogP contribution in [0.3, 0.4) is 0 Å². The van der Waals surface area contributed by atoms with Crippen LogP contribution in [0.25, 0.3) is 0 Å². The van der Waals surface area contributed by atoms with E-state index in [1.54, 1.807) is 0 Å². The van der Waals surface area contributed by atoms with Crippen molar-refractivity contribution in [3.05, 3.63) is 0 Å². The Morgan fingerprint density at radius 3 is 2.50 bits per heavy atom. The smallest absolute Gasteiger partial charge is 0.0264 e. The first-order chi connectivity index (χ1) is 4.66. The molecule has 0 aliphatic heterocycles. The third-order valence-electron chi connectivity index (χ3n) is 4.22. The molecule has 0 aromatic heterocycles. The van der Waals surface area contributed by atoms with E-state index in [1.807, 2.05) is 0 Å². The lowest BCUT2D eigenvalue weighted by Crippen LogP contribution is -2.12. The highest BCUT2D eigenvalue weighted by atomic mass is 14.6. The van der Waals surface area contributed by atoms with E-state index in [9.17, 15) is 0 Å². The summed E-state index contributed by atoms with van der Waals surface area (Å²) in [7, 11) is 0. The van der Waals surface area contributed by atoms with E-state index >= 15 is 0 Å². The molecule has 2 fully saturated rings. The zero-order valence-corrected chi connectivity index (χ0v) is 7.35. The molecule has 10 heavy (non-hydrogen) atoms. The van der Waals surface area contributed by atoms with Crippen LogP contribution in [0.4, 0.5) is 0 Å². The average Bonchev–Trinajstić information content (AvgIpc) is 2.38. The van der Waals surface area contributed by atoms with Crippen LogP contribution < -0.4 is 0 Å². The summed E-state index contributed by atoms with van der Waals surface area (Å²) in [5.41, 5.74) is 0.775. The number of fused-ring (bicyclic) bond motifs is 1. The fraction of sp³-hybridized carbons (Fsp3) is 1.00. The summed E-state index contributed by atoms with van der Waals surface area (Å²) >= 11 is 0. The normalized spacial score (nSPS) is 59.7. The molecule has 58 valence electrons. The monoisotopic (exact) mass is 138 g/mol. The first-order valence-corrected chi connectivity index (χ1v) is 4.66. The van der Waals surface area contributed by atoms with E-state index < -0.39 is 0 Å². The molecule has 4 unspecified atom stereocenters. The van der Waals surface area contributed by atoms with Crippen molar-refractivity contribution in [2.45, 2.75) is 40.0 Å². The predicted octanol–water partition coefficient (Wildman–Crippen LogP) is 3.08. The Hall–Kier alpha value is 0. The molecule has 0 spiro atoms. The molecule has 0 aromatic rings. The van der Waals surface area contributed by atoms with Crippen LogP contribution in [-0.2, 0) is 0 Å². The van der Waals surface area contributed by atoms with Gasteiger partial charge in [-0.3, -0.25) is 0 Å². The molecular weight excluding hydrogens is 120 g/mol. The van der Waals surface area contributed by atoms with Crippen molar-refractivity contribution in [3.63, 3.8) is 0 Å². The molecule has 2 aliphatic carbocycles. The van der Waals surface area contributed by atoms with Gasteiger partial charge < -0.3 is 0 Å². The molecule has 0 heteroatoms. The molecule has 0 bridgehead atoms. The second kappa shape index (κ2) is 1.78. The number of rotatable bonds is 0. The summed E-state index contributed by atoms with van der Waals surface area (Å²) < 4.78 is 0. The summed E-state index contributed by atoms with van der Waals surface area (Å²) in [5.74, 6) is 3.14. The molecule has 0 amide bonds. The zero-order valence-electron chi connectivity index (χ0n) is 7.35. The van der Waals surface area contributed by atoms with Gasteiger partial charge in [0.15, 0.2) is 0 Å². The Balaban J connectivity index is 2.13. The topological polar surface area (TPSA) is 0 Å². The number of hydrogen-bond acceptors (Lipinski definition) is 0. The van der Waals surface area contributed by atoms with Crippen LogP contribution >= 0.6 is 0 Å². The van der Waals surface area contributed by atoms with Crippen molar-refractivity contribution in [2.75, 3.05) is 0 Å². The van der Waals surface area contributed by atoms with Gasteiger partial charge in [-0.2, -0.15) is 0 Å². The van der Waals surface area contributed by atoms with Crippen molar-refractivity contribution in [1.82, 2.24) is 0 Å². The van der Waals surface area contributed by atoms with E-state index in [-0.39, 0.29) is 0 Å². The van der Waals surface area contributed by atoms with Crippen molar-refractivity contribution >= 4 is 0 Å². The van der Waals surface area contributed by atoms with Crippen molar-refractivity contribution in [2.24, 2.45) is 23.2 Å². The van der Waals surface area contributed by atoms with Crippen LogP contribution in [0.5, 0.6) is 0 Å². The lowest BCUT2D eigenvalue weighted by atomic mass is 9.84. The van der Waals surface area contributed by atoms with E-state index in [1.165, 1.54) is 19.3 Å². The Morgan fingerprint density at radius 2 is 2.00 bits per heavy atom. The lowest BCUT2D eigenvalue weighted by Gasteiger charge is -2.22. The fourth-order valence-corrected chi connectivity index (χ4v) is 3.36. The van der Waals surface area contributed by atoms with Gasteiger partial charge in [0, 0.05) is 0 Å². The molecular formula is C10H18. The first kappa shape index (κ1) is 6.69. The van der Waals surface area contributed by atoms with Gasteiger partial charge in [-0.1, -0.05) is 33.6 Å². The highest BCUT2D eigenvalue weighted by molar-refractivity contribution is 5.09. The van der Waals surface area contributed by atoms with E-state index in [0.29, 0.717) is 0 Å². The van der Waals surface area contributed by atoms with Gasteiger partial charge in [-0.25, -0.2) is 0 Å². The van der Waals surface area contributed by atoms with Gasteiger partial charge >= 0.3 is 0 Å². The maximum Gasteiger partial charge on any atom is -0.0264 e. The van der Waals surface area contributed by atoms with E-state index in [0.717, 1.165) is 23.2 Å². The third-order valence-corrected chi connectivity index (χ3v) is 4.22. The minimum Gasteiger partial charge on any atom is -0.0622 e. The molecule has 2 rings (SSSR count). The Kier molecular flexibility index (Phi) is 1.19.